The molecule has 0 spiro atoms. The Morgan fingerprint density at radius 1 is 1.32 bits per heavy atom. The van der Waals surface area contributed by atoms with Crippen molar-refractivity contribution in [2.24, 2.45) is 0 Å². The lowest BCUT2D eigenvalue weighted by atomic mass is 9.95. The number of benzene rings is 1. The highest BCUT2D eigenvalue weighted by Crippen LogP contribution is 2.22. The quantitative estimate of drug-likeness (QED) is 0.805. The Labute approximate surface area is 148 Å². The van der Waals surface area contributed by atoms with Crippen molar-refractivity contribution in [3.05, 3.63) is 60.8 Å². The number of allylic oxidation sites excluding steroid dienone is 5. The molecule has 0 radical (unpaired) electrons. The van der Waals surface area contributed by atoms with Gasteiger partial charge >= 0.3 is 0 Å². The lowest BCUT2D eigenvalue weighted by Gasteiger charge is -2.22. The summed E-state index contributed by atoms with van der Waals surface area (Å²) in [6.45, 7) is 5.66. The van der Waals surface area contributed by atoms with Crippen LogP contribution < -0.4 is 5.32 Å². The van der Waals surface area contributed by atoms with Crippen LogP contribution in [0.3, 0.4) is 0 Å². The van der Waals surface area contributed by atoms with E-state index in [0.29, 0.717) is 11.6 Å². The maximum absolute atomic E-state index is 12.8. The lowest BCUT2D eigenvalue weighted by molar-refractivity contribution is 0.0929. The topological polar surface area (TPSA) is 46.9 Å². The summed E-state index contributed by atoms with van der Waals surface area (Å²) in [5.41, 5.74) is 2.45. The fraction of sp³-hybridized carbons (Fsp3) is 0.333. The Morgan fingerprint density at radius 3 is 2.84 bits per heavy atom. The van der Waals surface area contributed by atoms with Crippen LogP contribution in [0.25, 0.3) is 16.6 Å². The van der Waals surface area contributed by atoms with E-state index in [0.717, 1.165) is 29.4 Å². The first-order valence-corrected chi connectivity index (χ1v) is 8.98. The number of nitrogens with one attached hydrogen (secondary N) is 1. The lowest BCUT2D eigenvalue weighted by Crippen LogP contribution is -2.36. The first-order valence-electron chi connectivity index (χ1n) is 8.98. The van der Waals surface area contributed by atoms with Gasteiger partial charge < -0.3 is 5.32 Å². The molecule has 2 aromatic rings. The zero-order chi connectivity index (χ0) is 17.6. The molecule has 1 N–H and O–H groups in total. The molecule has 1 heterocycles. The van der Waals surface area contributed by atoms with Crippen molar-refractivity contribution in [1.29, 1.82) is 0 Å². The second-order valence-electron chi connectivity index (χ2n) is 6.43. The highest BCUT2D eigenvalue weighted by Gasteiger charge is 2.19. The van der Waals surface area contributed by atoms with Crippen LogP contribution in [-0.2, 0) is 0 Å². The summed E-state index contributed by atoms with van der Waals surface area (Å²) in [5, 5.41) is 8.68. The summed E-state index contributed by atoms with van der Waals surface area (Å²) in [4.78, 5) is 12.8. The molecule has 0 aliphatic heterocycles. The van der Waals surface area contributed by atoms with Crippen molar-refractivity contribution >= 4 is 22.5 Å². The molecular formula is C21H25N3O. The minimum Gasteiger partial charge on any atom is -0.349 e. The molecule has 1 aliphatic rings. The predicted octanol–water partition coefficient (Wildman–Crippen LogP) is 4.70. The molecule has 25 heavy (non-hydrogen) atoms. The number of amides is 1. The average molecular weight is 335 g/mol. The van der Waals surface area contributed by atoms with Gasteiger partial charge in [-0.3, -0.25) is 4.79 Å². The Morgan fingerprint density at radius 2 is 2.12 bits per heavy atom. The van der Waals surface area contributed by atoms with Gasteiger partial charge in [-0.2, -0.15) is 5.10 Å². The molecule has 4 nitrogen and oxygen atoms in total. The fourth-order valence-electron chi connectivity index (χ4n) is 3.35. The van der Waals surface area contributed by atoms with Crippen LogP contribution in [0, 0.1) is 0 Å². The minimum atomic E-state index is 0.000659. The van der Waals surface area contributed by atoms with Gasteiger partial charge in [0.15, 0.2) is 0 Å². The molecule has 1 aromatic heterocycles. The second kappa shape index (κ2) is 7.97. The molecule has 3 rings (SSSR count). The number of carbonyl (C=O) groups is 1. The summed E-state index contributed by atoms with van der Waals surface area (Å²) in [7, 11) is 0. The van der Waals surface area contributed by atoms with Gasteiger partial charge in [0.1, 0.15) is 0 Å². The van der Waals surface area contributed by atoms with E-state index in [2.05, 4.69) is 17.0 Å². The van der Waals surface area contributed by atoms with E-state index >= 15 is 0 Å². The Balaban J connectivity index is 1.89. The fourth-order valence-corrected chi connectivity index (χ4v) is 3.35. The molecule has 1 fully saturated rings. The zero-order valence-corrected chi connectivity index (χ0v) is 14.7. The van der Waals surface area contributed by atoms with Gasteiger partial charge in [0.2, 0.25) is 0 Å². The SMILES string of the molecule is C=C/C=C\C(=C/C)n1cc2c(C(=O)NC3CCCCC3)cccc2n1. The van der Waals surface area contributed by atoms with Crippen LogP contribution in [-0.4, -0.2) is 21.7 Å². The second-order valence-corrected chi connectivity index (χ2v) is 6.43. The van der Waals surface area contributed by atoms with Gasteiger partial charge in [-0.15, -0.1) is 0 Å². The van der Waals surface area contributed by atoms with Crippen molar-refractivity contribution in [1.82, 2.24) is 15.1 Å². The average Bonchev–Trinajstić information content (AvgIpc) is 3.07. The number of carbonyl (C=O) groups excluding carboxylic acids is 1. The Hall–Kier alpha value is -2.62. The van der Waals surface area contributed by atoms with Gasteiger partial charge in [-0.1, -0.05) is 50.1 Å². The number of hydrogen-bond acceptors (Lipinski definition) is 2. The van der Waals surface area contributed by atoms with E-state index in [1.54, 1.807) is 6.08 Å². The Kier molecular flexibility index (Phi) is 5.49. The highest BCUT2D eigenvalue weighted by molar-refractivity contribution is 6.06. The van der Waals surface area contributed by atoms with Gasteiger partial charge in [-0.25, -0.2) is 4.68 Å². The van der Waals surface area contributed by atoms with Crippen LogP contribution in [0.5, 0.6) is 0 Å². The maximum atomic E-state index is 12.8. The van der Waals surface area contributed by atoms with Crippen LogP contribution >= 0.6 is 0 Å². The number of fused-ring (bicyclic) bond motifs is 1. The monoisotopic (exact) mass is 335 g/mol. The number of hydrogen-bond donors (Lipinski definition) is 1. The molecule has 130 valence electrons. The summed E-state index contributed by atoms with van der Waals surface area (Å²) < 4.78 is 1.81. The van der Waals surface area contributed by atoms with E-state index in [1.165, 1.54) is 19.3 Å². The molecular weight excluding hydrogens is 310 g/mol. The standard InChI is InChI=1S/C21H25N3O/c1-3-5-12-17(4-2)24-15-19-18(13-9-14-20(19)23-24)21(25)22-16-10-7-6-8-11-16/h3-5,9,12-16H,1,6-8,10-11H2,2H3,(H,22,25)/b12-5-,17-4+. The first kappa shape index (κ1) is 17.2. The highest BCUT2D eigenvalue weighted by atomic mass is 16.1. The summed E-state index contributed by atoms with van der Waals surface area (Å²) in [5.74, 6) is 0.000659. The summed E-state index contributed by atoms with van der Waals surface area (Å²) >= 11 is 0. The van der Waals surface area contributed by atoms with Gasteiger partial charge in [-0.05, 0) is 38.0 Å². The van der Waals surface area contributed by atoms with Gasteiger partial charge in [0, 0.05) is 17.6 Å². The zero-order valence-electron chi connectivity index (χ0n) is 14.7. The minimum absolute atomic E-state index is 0.000659. The van der Waals surface area contributed by atoms with Crippen molar-refractivity contribution in [2.75, 3.05) is 0 Å². The van der Waals surface area contributed by atoms with E-state index in [-0.39, 0.29) is 5.91 Å². The van der Waals surface area contributed by atoms with Crippen LogP contribution in [0.2, 0.25) is 0 Å². The molecule has 1 aliphatic carbocycles. The van der Waals surface area contributed by atoms with Crippen LogP contribution in [0.4, 0.5) is 0 Å². The van der Waals surface area contributed by atoms with Crippen molar-refractivity contribution in [3.63, 3.8) is 0 Å². The molecule has 0 bridgehead atoms. The summed E-state index contributed by atoms with van der Waals surface area (Å²) in [6, 6.07) is 6.01. The van der Waals surface area contributed by atoms with E-state index in [4.69, 9.17) is 0 Å². The van der Waals surface area contributed by atoms with Crippen LogP contribution in [0.15, 0.2) is 55.3 Å². The van der Waals surface area contributed by atoms with Crippen molar-refractivity contribution < 1.29 is 4.79 Å². The molecule has 0 unspecified atom stereocenters. The molecule has 0 saturated heterocycles. The van der Waals surface area contributed by atoms with E-state index in [9.17, 15) is 4.79 Å². The third kappa shape index (κ3) is 3.90. The predicted molar refractivity (Wildman–Crippen MR) is 103 cm³/mol. The van der Waals surface area contributed by atoms with Crippen LogP contribution in [0.1, 0.15) is 49.4 Å². The smallest absolute Gasteiger partial charge is 0.252 e. The summed E-state index contributed by atoms with van der Waals surface area (Å²) in [6.07, 6.45) is 15.3. The first-order chi connectivity index (χ1) is 12.2. The maximum Gasteiger partial charge on any atom is 0.252 e. The molecule has 4 heteroatoms. The number of aromatic nitrogens is 2. The van der Waals surface area contributed by atoms with Crippen molar-refractivity contribution in [3.8, 4) is 0 Å². The normalized spacial score (nSPS) is 16.4. The van der Waals surface area contributed by atoms with Gasteiger partial charge in [0.05, 0.1) is 16.8 Å². The molecule has 0 atom stereocenters. The number of rotatable bonds is 5. The third-order valence-corrected chi connectivity index (χ3v) is 4.70. The van der Waals surface area contributed by atoms with Gasteiger partial charge in [0.25, 0.3) is 5.91 Å². The molecule has 1 aromatic carbocycles. The van der Waals surface area contributed by atoms with Crippen molar-refractivity contribution in [2.45, 2.75) is 45.1 Å². The number of nitrogens with zero attached hydrogens (tertiary/aromatic N) is 2. The third-order valence-electron chi connectivity index (χ3n) is 4.70. The Bertz CT molecular complexity index is 823. The molecule has 1 saturated carbocycles. The largest absolute Gasteiger partial charge is 0.349 e. The molecule has 1 amide bonds. The van der Waals surface area contributed by atoms with E-state index in [1.807, 2.05) is 54.2 Å². The van der Waals surface area contributed by atoms with E-state index < -0.39 is 0 Å².